The molecule has 0 spiro atoms. The van der Waals surface area contributed by atoms with Gasteiger partial charge in [0.15, 0.2) is 0 Å². The van der Waals surface area contributed by atoms with Gasteiger partial charge in [0.2, 0.25) is 0 Å². The lowest BCUT2D eigenvalue weighted by Gasteiger charge is -2.15. The number of ether oxygens (including phenoxy) is 1. The lowest BCUT2D eigenvalue weighted by Crippen LogP contribution is -2.16. The van der Waals surface area contributed by atoms with Gasteiger partial charge in [-0.15, -0.1) is 5.10 Å². The smallest absolute Gasteiger partial charge is 0.149 e. The highest BCUT2D eigenvalue weighted by Gasteiger charge is 2.11. The minimum Gasteiger partial charge on any atom is -0.372 e. The molecule has 3 N–H and O–H groups in total. The van der Waals surface area contributed by atoms with Crippen LogP contribution in [0, 0.1) is 5.92 Å². The van der Waals surface area contributed by atoms with Gasteiger partial charge in [-0.05, 0) is 12.8 Å². The van der Waals surface area contributed by atoms with Crippen LogP contribution in [-0.2, 0) is 11.3 Å². The van der Waals surface area contributed by atoms with E-state index >= 15 is 0 Å². The van der Waals surface area contributed by atoms with Crippen molar-refractivity contribution < 1.29 is 4.74 Å². The molecule has 1 aromatic heterocycles. The molecule has 0 aliphatic carbocycles. The Morgan fingerprint density at radius 1 is 1.50 bits per heavy atom. The van der Waals surface area contributed by atoms with E-state index in [2.05, 4.69) is 28.9 Å². The van der Waals surface area contributed by atoms with Crippen LogP contribution in [0.1, 0.15) is 26.5 Å². The Morgan fingerprint density at radius 2 is 2.21 bits per heavy atom. The van der Waals surface area contributed by atoms with Crippen LogP contribution >= 0.6 is 11.5 Å². The highest BCUT2D eigenvalue weighted by molar-refractivity contribution is 7.10. The van der Waals surface area contributed by atoms with Crippen molar-refractivity contribution >= 4 is 16.5 Å². The molecule has 0 saturated carbocycles. The van der Waals surface area contributed by atoms with E-state index in [1.54, 1.807) is 0 Å². The molecule has 0 amide bonds. The van der Waals surface area contributed by atoms with Crippen molar-refractivity contribution in [2.24, 2.45) is 11.8 Å². The molecule has 80 valence electrons. The van der Waals surface area contributed by atoms with Gasteiger partial charge in [-0.2, -0.15) is 0 Å². The van der Waals surface area contributed by atoms with Gasteiger partial charge >= 0.3 is 0 Å². The quantitative estimate of drug-likeness (QED) is 0.574. The number of hydrazine groups is 1. The summed E-state index contributed by atoms with van der Waals surface area (Å²) in [6.45, 7) is 6.73. The minimum atomic E-state index is 0.210. The molecule has 0 aromatic carbocycles. The molecule has 0 saturated heterocycles. The van der Waals surface area contributed by atoms with Gasteiger partial charge in [0.05, 0.1) is 12.7 Å². The van der Waals surface area contributed by atoms with Crippen LogP contribution in [0.4, 0.5) is 5.00 Å². The van der Waals surface area contributed by atoms with Crippen LogP contribution in [-0.4, -0.2) is 15.7 Å². The summed E-state index contributed by atoms with van der Waals surface area (Å²) in [7, 11) is 0. The predicted molar refractivity (Wildman–Crippen MR) is 56.8 cm³/mol. The fraction of sp³-hybridized carbons (Fsp3) is 0.750. The average molecular weight is 216 g/mol. The van der Waals surface area contributed by atoms with E-state index in [1.165, 1.54) is 11.5 Å². The van der Waals surface area contributed by atoms with E-state index in [-0.39, 0.29) is 6.10 Å². The molecule has 0 aliphatic rings. The normalized spacial score (nSPS) is 13.2. The summed E-state index contributed by atoms with van der Waals surface area (Å²) >= 11 is 1.23. The molecule has 1 rings (SSSR count). The number of nitrogen functional groups attached to an aromatic ring is 1. The van der Waals surface area contributed by atoms with Crippen molar-refractivity contribution in [1.29, 1.82) is 0 Å². The molecular weight excluding hydrogens is 200 g/mol. The number of nitrogens with zero attached hydrogens (tertiary/aromatic N) is 2. The van der Waals surface area contributed by atoms with Gasteiger partial charge in [-0.1, -0.05) is 18.3 Å². The van der Waals surface area contributed by atoms with E-state index < -0.39 is 0 Å². The SMILES string of the molecule is CC(C)C(C)OCc1nnsc1NN. The Balaban J connectivity index is 2.45. The Labute approximate surface area is 87.8 Å². The maximum absolute atomic E-state index is 5.60. The molecular formula is C8H16N4OS. The molecule has 0 radical (unpaired) electrons. The molecule has 6 heteroatoms. The summed E-state index contributed by atoms with van der Waals surface area (Å²) in [5.41, 5.74) is 3.31. The molecule has 14 heavy (non-hydrogen) atoms. The van der Waals surface area contributed by atoms with Gasteiger partial charge < -0.3 is 10.2 Å². The highest BCUT2D eigenvalue weighted by Crippen LogP contribution is 2.18. The van der Waals surface area contributed by atoms with Crippen LogP contribution in [0.5, 0.6) is 0 Å². The van der Waals surface area contributed by atoms with Gasteiger partial charge in [-0.25, -0.2) is 5.84 Å². The third-order valence-corrected chi connectivity index (χ3v) is 2.81. The molecule has 1 heterocycles. The zero-order valence-corrected chi connectivity index (χ0v) is 9.47. The topological polar surface area (TPSA) is 73.1 Å². The highest BCUT2D eigenvalue weighted by atomic mass is 32.1. The van der Waals surface area contributed by atoms with Crippen LogP contribution in [0.15, 0.2) is 0 Å². The Bertz CT molecular complexity index is 276. The number of hydrogen-bond donors (Lipinski definition) is 2. The number of rotatable bonds is 5. The number of nitrogens with one attached hydrogen (secondary N) is 1. The van der Waals surface area contributed by atoms with E-state index in [0.29, 0.717) is 12.5 Å². The van der Waals surface area contributed by atoms with Crippen LogP contribution in [0.3, 0.4) is 0 Å². The van der Waals surface area contributed by atoms with Gasteiger partial charge in [0.25, 0.3) is 0 Å². The Hall–Kier alpha value is -0.720. The Kier molecular flexibility index (Phi) is 4.24. The first-order valence-electron chi connectivity index (χ1n) is 4.54. The summed E-state index contributed by atoms with van der Waals surface area (Å²) < 4.78 is 9.38. The lowest BCUT2D eigenvalue weighted by atomic mass is 10.1. The standard InChI is InChI=1S/C8H16N4OS/c1-5(2)6(3)13-4-7-8(10-9)14-12-11-7/h5-6,10H,4,9H2,1-3H3. The van der Waals surface area contributed by atoms with Crippen molar-refractivity contribution in [3.8, 4) is 0 Å². The molecule has 1 aromatic rings. The van der Waals surface area contributed by atoms with E-state index in [4.69, 9.17) is 10.6 Å². The van der Waals surface area contributed by atoms with Gasteiger partial charge in [0.1, 0.15) is 10.7 Å². The van der Waals surface area contributed by atoms with E-state index in [0.717, 1.165) is 10.7 Å². The number of nitrogens with two attached hydrogens (primary N) is 1. The van der Waals surface area contributed by atoms with Crippen molar-refractivity contribution in [2.75, 3.05) is 5.43 Å². The lowest BCUT2D eigenvalue weighted by molar-refractivity contribution is 0.0221. The summed E-state index contributed by atoms with van der Waals surface area (Å²) in [4.78, 5) is 0. The first kappa shape index (κ1) is 11.4. The predicted octanol–water partition coefficient (Wildman–Crippen LogP) is 1.38. The largest absolute Gasteiger partial charge is 0.372 e. The molecule has 0 bridgehead atoms. The second-order valence-electron chi connectivity index (χ2n) is 3.45. The first-order chi connectivity index (χ1) is 6.65. The Morgan fingerprint density at radius 3 is 2.79 bits per heavy atom. The molecule has 1 unspecified atom stereocenters. The fourth-order valence-corrected chi connectivity index (χ4v) is 1.29. The van der Waals surface area contributed by atoms with Crippen molar-refractivity contribution in [3.63, 3.8) is 0 Å². The fourth-order valence-electron chi connectivity index (χ4n) is 0.816. The van der Waals surface area contributed by atoms with Crippen LogP contribution < -0.4 is 11.3 Å². The van der Waals surface area contributed by atoms with Gasteiger partial charge in [-0.3, -0.25) is 0 Å². The van der Waals surface area contributed by atoms with E-state index in [1.807, 2.05) is 6.92 Å². The third kappa shape index (κ3) is 2.90. The number of hydrogen-bond acceptors (Lipinski definition) is 6. The zero-order chi connectivity index (χ0) is 10.6. The second kappa shape index (κ2) is 5.23. The third-order valence-electron chi connectivity index (χ3n) is 2.11. The van der Waals surface area contributed by atoms with E-state index in [9.17, 15) is 0 Å². The molecule has 1 atom stereocenters. The maximum Gasteiger partial charge on any atom is 0.149 e. The summed E-state index contributed by atoms with van der Waals surface area (Å²) in [6.07, 6.45) is 0.210. The van der Waals surface area contributed by atoms with Crippen LogP contribution in [0.2, 0.25) is 0 Å². The van der Waals surface area contributed by atoms with Crippen molar-refractivity contribution in [1.82, 2.24) is 9.59 Å². The zero-order valence-electron chi connectivity index (χ0n) is 8.65. The maximum atomic E-state index is 5.60. The molecule has 5 nitrogen and oxygen atoms in total. The van der Waals surface area contributed by atoms with Crippen molar-refractivity contribution in [2.45, 2.75) is 33.5 Å². The molecule has 0 fully saturated rings. The van der Waals surface area contributed by atoms with Crippen molar-refractivity contribution in [3.05, 3.63) is 5.69 Å². The second-order valence-corrected chi connectivity index (χ2v) is 4.21. The van der Waals surface area contributed by atoms with Gasteiger partial charge in [0, 0.05) is 11.5 Å². The number of anilines is 1. The molecule has 0 aliphatic heterocycles. The summed E-state index contributed by atoms with van der Waals surface area (Å²) in [5.74, 6) is 5.78. The summed E-state index contributed by atoms with van der Waals surface area (Å²) in [5, 5.41) is 4.68. The first-order valence-corrected chi connectivity index (χ1v) is 5.32. The monoisotopic (exact) mass is 216 g/mol. The average Bonchev–Trinajstić information content (AvgIpc) is 2.60. The summed E-state index contributed by atoms with van der Waals surface area (Å²) in [6, 6.07) is 0. The number of aromatic nitrogens is 2. The minimum absolute atomic E-state index is 0.210. The van der Waals surface area contributed by atoms with Crippen LogP contribution in [0.25, 0.3) is 0 Å².